The molecule has 8 heteroatoms. The Balaban J connectivity index is 2.01. The molecule has 0 radical (unpaired) electrons. The second-order valence-electron chi connectivity index (χ2n) is 6.53. The third-order valence-electron chi connectivity index (χ3n) is 4.18. The third kappa shape index (κ3) is 5.27. The average molecular weight is 393 g/mol. The molecule has 0 unspecified atom stereocenters. The maximum atomic E-state index is 13.0. The van der Waals surface area contributed by atoms with Crippen LogP contribution in [0.2, 0.25) is 0 Å². The van der Waals surface area contributed by atoms with Gasteiger partial charge >= 0.3 is 0 Å². The minimum Gasteiger partial charge on any atom is -0.378 e. The highest BCUT2D eigenvalue weighted by Gasteiger charge is 2.24. The van der Waals surface area contributed by atoms with E-state index in [1.807, 2.05) is 43.3 Å². The molecule has 0 aliphatic carbocycles. The van der Waals surface area contributed by atoms with Gasteiger partial charge in [0.25, 0.3) is 0 Å². The van der Waals surface area contributed by atoms with Crippen molar-refractivity contribution in [1.29, 1.82) is 0 Å². The first-order valence-electron chi connectivity index (χ1n) is 8.33. The summed E-state index contributed by atoms with van der Waals surface area (Å²) < 4.78 is 38.9. The Morgan fingerprint density at radius 3 is 2.00 bits per heavy atom. The molecule has 0 spiro atoms. The van der Waals surface area contributed by atoms with Gasteiger partial charge in [-0.1, -0.05) is 12.1 Å². The molecule has 0 saturated heterocycles. The number of likely N-dealkylation sites (N-methyl/N-ethyl adjacent to an activating group) is 2. The Labute approximate surface area is 159 Å². The van der Waals surface area contributed by atoms with Crippen LogP contribution in [0.3, 0.4) is 0 Å². The molecule has 0 aliphatic heterocycles. The van der Waals surface area contributed by atoms with Crippen molar-refractivity contribution in [3.63, 3.8) is 0 Å². The molecule has 27 heavy (non-hydrogen) atoms. The normalized spacial score (nSPS) is 11.5. The van der Waals surface area contributed by atoms with E-state index >= 15 is 0 Å². The maximum absolute atomic E-state index is 13.0. The number of hydrogen-bond donors (Lipinski definition) is 0. The lowest BCUT2D eigenvalue weighted by Gasteiger charge is -2.22. The van der Waals surface area contributed by atoms with Crippen molar-refractivity contribution in [3.05, 3.63) is 59.9 Å². The topological polar surface area (TPSA) is 60.9 Å². The lowest BCUT2D eigenvalue weighted by Crippen LogP contribution is -2.39. The molecular weight excluding hydrogens is 369 g/mol. The van der Waals surface area contributed by atoms with Gasteiger partial charge in [-0.15, -0.1) is 0 Å². The number of anilines is 1. The Bertz CT molecular complexity index is 881. The fraction of sp³-hybridized carbons (Fsp3) is 0.316. The molecule has 0 heterocycles. The lowest BCUT2D eigenvalue weighted by atomic mass is 10.2. The van der Waals surface area contributed by atoms with Gasteiger partial charge in [0.05, 0.1) is 11.4 Å². The highest BCUT2D eigenvalue weighted by atomic mass is 32.2. The second kappa shape index (κ2) is 8.49. The largest absolute Gasteiger partial charge is 0.378 e. The van der Waals surface area contributed by atoms with Crippen LogP contribution >= 0.6 is 0 Å². The number of nitrogens with zero attached hydrogens (tertiary/aromatic N) is 3. The summed E-state index contributed by atoms with van der Waals surface area (Å²) in [5, 5.41) is 0. The summed E-state index contributed by atoms with van der Waals surface area (Å²) in [5.74, 6) is -0.854. The van der Waals surface area contributed by atoms with Gasteiger partial charge in [-0.2, -0.15) is 4.31 Å². The van der Waals surface area contributed by atoms with E-state index in [1.54, 1.807) is 7.05 Å². The molecule has 2 aromatic carbocycles. The summed E-state index contributed by atoms with van der Waals surface area (Å²) in [4.78, 5) is 15.8. The number of carbonyl (C=O) groups excluding carboxylic acids is 1. The van der Waals surface area contributed by atoms with Crippen LogP contribution in [0.5, 0.6) is 0 Å². The summed E-state index contributed by atoms with van der Waals surface area (Å²) in [5.41, 5.74) is 2.00. The Morgan fingerprint density at radius 1 is 0.926 bits per heavy atom. The standard InChI is InChI=1S/C19H24FN3O3S/c1-21(2)17-9-5-15(6-10-17)13-22(3)19(24)14-23(4)27(25,26)18-11-7-16(20)8-12-18/h5-12H,13-14H2,1-4H3. The lowest BCUT2D eigenvalue weighted by molar-refractivity contribution is -0.130. The van der Waals surface area contributed by atoms with Crippen molar-refractivity contribution in [1.82, 2.24) is 9.21 Å². The highest BCUT2D eigenvalue weighted by molar-refractivity contribution is 7.89. The zero-order chi connectivity index (χ0) is 20.2. The highest BCUT2D eigenvalue weighted by Crippen LogP contribution is 2.16. The number of halogens is 1. The van der Waals surface area contributed by atoms with Gasteiger partial charge in [-0.25, -0.2) is 12.8 Å². The molecule has 0 atom stereocenters. The van der Waals surface area contributed by atoms with Gasteiger partial charge in [-0.3, -0.25) is 4.79 Å². The molecule has 0 saturated carbocycles. The predicted octanol–water partition coefficient (Wildman–Crippen LogP) is 2.17. The quantitative estimate of drug-likeness (QED) is 0.723. The van der Waals surface area contributed by atoms with Gasteiger partial charge in [0.1, 0.15) is 5.82 Å². The van der Waals surface area contributed by atoms with Crippen LogP contribution in [0.15, 0.2) is 53.4 Å². The van der Waals surface area contributed by atoms with Crippen molar-refractivity contribution in [2.75, 3.05) is 39.6 Å². The Kier molecular flexibility index (Phi) is 6.56. The Morgan fingerprint density at radius 2 is 1.48 bits per heavy atom. The number of sulfonamides is 1. The molecule has 2 rings (SSSR count). The smallest absolute Gasteiger partial charge is 0.243 e. The Hall–Kier alpha value is -2.45. The maximum Gasteiger partial charge on any atom is 0.243 e. The van der Waals surface area contributed by atoms with Crippen molar-refractivity contribution in [2.24, 2.45) is 0 Å². The minimum absolute atomic E-state index is 0.0545. The van der Waals surface area contributed by atoms with Crippen LogP contribution in [0.1, 0.15) is 5.56 Å². The van der Waals surface area contributed by atoms with Gasteiger partial charge in [0.2, 0.25) is 15.9 Å². The zero-order valence-electron chi connectivity index (χ0n) is 15.9. The number of carbonyl (C=O) groups is 1. The van der Waals surface area contributed by atoms with Crippen LogP contribution in [-0.4, -0.2) is 58.3 Å². The van der Waals surface area contributed by atoms with Crippen LogP contribution < -0.4 is 4.90 Å². The van der Waals surface area contributed by atoms with E-state index in [9.17, 15) is 17.6 Å². The van der Waals surface area contributed by atoms with Crippen LogP contribution in [0.4, 0.5) is 10.1 Å². The van der Waals surface area contributed by atoms with Gasteiger partial charge in [0, 0.05) is 40.4 Å². The molecule has 0 fully saturated rings. The summed E-state index contributed by atoms with van der Waals surface area (Å²) in [7, 11) is 2.99. The molecule has 146 valence electrons. The molecule has 6 nitrogen and oxygen atoms in total. The van der Waals surface area contributed by atoms with Crippen molar-refractivity contribution < 1.29 is 17.6 Å². The van der Waals surface area contributed by atoms with E-state index in [0.29, 0.717) is 6.54 Å². The van der Waals surface area contributed by atoms with Crippen molar-refractivity contribution in [3.8, 4) is 0 Å². The number of benzene rings is 2. The molecule has 2 aromatic rings. The van der Waals surface area contributed by atoms with E-state index < -0.39 is 15.8 Å². The summed E-state index contributed by atoms with van der Waals surface area (Å²) in [6.07, 6.45) is 0. The van der Waals surface area contributed by atoms with Gasteiger partial charge in [0.15, 0.2) is 0 Å². The minimum atomic E-state index is -3.86. The second-order valence-corrected chi connectivity index (χ2v) is 8.57. The third-order valence-corrected chi connectivity index (χ3v) is 6.00. The number of rotatable bonds is 7. The first-order chi connectivity index (χ1) is 12.6. The fourth-order valence-corrected chi connectivity index (χ4v) is 3.56. The van der Waals surface area contributed by atoms with Crippen LogP contribution in [0, 0.1) is 5.82 Å². The predicted molar refractivity (Wildman–Crippen MR) is 103 cm³/mol. The van der Waals surface area contributed by atoms with E-state index in [0.717, 1.165) is 27.7 Å². The van der Waals surface area contributed by atoms with Crippen LogP contribution in [-0.2, 0) is 21.4 Å². The van der Waals surface area contributed by atoms with Crippen LogP contribution in [0.25, 0.3) is 0 Å². The first kappa shape index (κ1) is 20.9. The molecule has 0 bridgehead atoms. The van der Waals surface area contributed by atoms with E-state index in [4.69, 9.17) is 0 Å². The average Bonchev–Trinajstić information content (AvgIpc) is 2.62. The molecule has 0 aromatic heterocycles. The van der Waals surface area contributed by atoms with E-state index in [-0.39, 0.29) is 17.3 Å². The van der Waals surface area contributed by atoms with Gasteiger partial charge in [-0.05, 0) is 42.0 Å². The van der Waals surface area contributed by atoms with E-state index in [1.165, 1.54) is 24.1 Å². The molecule has 0 aliphatic rings. The number of amides is 1. The summed E-state index contributed by atoms with van der Waals surface area (Å²) in [6.45, 7) is 0.0724. The monoisotopic (exact) mass is 393 g/mol. The summed E-state index contributed by atoms with van der Waals surface area (Å²) >= 11 is 0. The molecule has 0 N–H and O–H groups in total. The number of hydrogen-bond acceptors (Lipinski definition) is 4. The fourth-order valence-electron chi connectivity index (χ4n) is 2.44. The summed E-state index contributed by atoms with van der Waals surface area (Å²) in [6, 6.07) is 12.3. The SMILES string of the molecule is CN(Cc1ccc(N(C)C)cc1)C(=O)CN(C)S(=O)(=O)c1ccc(F)cc1. The van der Waals surface area contributed by atoms with Crippen molar-refractivity contribution >= 4 is 21.6 Å². The van der Waals surface area contributed by atoms with Gasteiger partial charge < -0.3 is 9.80 Å². The molecular formula is C19H24FN3O3S. The zero-order valence-corrected chi connectivity index (χ0v) is 16.7. The molecule has 1 amide bonds. The first-order valence-corrected chi connectivity index (χ1v) is 9.77. The van der Waals surface area contributed by atoms with Crippen molar-refractivity contribution in [2.45, 2.75) is 11.4 Å². The van der Waals surface area contributed by atoms with E-state index in [2.05, 4.69) is 0 Å².